The lowest BCUT2D eigenvalue weighted by molar-refractivity contribution is -0.0236. The fraction of sp³-hybridized carbons (Fsp3) is 0.500. The number of nitrogen functional groups attached to an aromatic ring is 1. The van der Waals surface area contributed by atoms with Gasteiger partial charge in [-0.25, -0.2) is 4.98 Å². The van der Waals surface area contributed by atoms with Crippen LogP contribution >= 0.6 is 12.2 Å². The predicted molar refractivity (Wildman–Crippen MR) is 70.2 cm³/mol. The van der Waals surface area contributed by atoms with Crippen LogP contribution < -0.4 is 5.73 Å². The van der Waals surface area contributed by atoms with E-state index in [-0.39, 0.29) is 10.6 Å². The highest BCUT2D eigenvalue weighted by atomic mass is 32.1. The largest absolute Gasteiger partial charge is 0.394 e. The summed E-state index contributed by atoms with van der Waals surface area (Å²) in [5.41, 5.74) is 6.84. The number of rotatable bonds is 2. The topological polar surface area (TPSA) is 153 Å². The molecule has 2 aromatic heterocycles. The van der Waals surface area contributed by atoms with E-state index in [1.165, 1.54) is 0 Å². The molecule has 0 aromatic carbocycles. The van der Waals surface area contributed by atoms with Crippen LogP contribution in [0.2, 0.25) is 0 Å². The van der Waals surface area contributed by atoms with E-state index in [1.54, 1.807) is 0 Å². The van der Waals surface area contributed by atoms with Crippen molar-refractivity contribution in [2.75, 3.05) is 12.3 Å². The van der Waals surface area contributed by atoms with Crippen molar-refractivity contribution >= 4 is 29.2 Å². The summed E-state index contributed by atoms with van der Waals surface area (Å²) in [5, 5.41) is 35.6. The predicted octanol–water partition coefficient (Wildman–Crippen LogP) is -1.25. The maximum Gasteiger partial charge on any atom is 0.199 e. The summed E-state index contributed by atoms with van der Waals surface area (Å²) >= 11 is 5.04. The smallest absolute Gasteiger partial charge is 0.199 e. The molecular formula is C10H13N5O4S. The van der Waals surface area contributed by atoms with E-state index >= 15 is 0 Å². The fourth-order valence-corrected chi connectivity index (χ4v) is 2.55. The van der Waals surface area contributed by atoms with Gasteiger partial charge in [-0.3, -0.25) is 5.10 Å². The van der Waals surface area contributed by atoms with Crippen molar-refractivity contribution in [3.05, 3.63) is 10.3 Å². The summed E-state index contributed by atoms with van der Waals surface area (Å²) in [6, 6.07) is 0. The van der Waals surface area contributed by atoms with E-state index in [0.29, 0.717) is 16.7 Å². The molecule has 1 fully saturated rings. The van der Waals surface area contributed by atoms with Gasteiger partial charge in [-0.1, -0.05) is 12.2 Å². The molecule has 3 rings (SSSR count). The highest BCUT2D eigenvalue weighted by molar-refractivity contribution is 7.71. The van der Waals surface area contributed by atoms with E-state index in [1.807, 2.05) is 0 Å². The lowest BCUT2D eigenvalue weighted by atomic mass is 10.1. The highest BCUT2D eigenvalue weighted by Crippen LogP contribution is 2.35. The number of fused-ring (bicyclic) bond motifs is 1. The van der Waals surface area contributed by atoms with E-state index in [0.717, 1.165) is 0 Å². The Morgan fingerprint density at radius 3 is 2.75 bits per heavy atom. The Bertz CT molecular complexity index is 701. The first-order valence-electron chi connectivity index (χ1n) is 5.89. The zero-order chi connectivity index (χ0) is 14.4. The third-order valence-electron chi connectivity index (χ3n) is 3.30. The molecular weight excluding hydrogens is 286 g/mol. The average Bonchev–Trinajstić information content (AvgIpc) is 2.93. The van der Waals surface area contributed by atoms with Gasteiger partial charge in [0.25, 0.3) is 0 Å². The Labute approximate surface area is 117 Å². The molecule has 0 aliphatic carbocycles. The minimum atomic E-state index is -1.20. The van der Waals surface area contributed by atoms with Crippen LogP contribution in [0.15, 0.2) is 0 Å². The maximum absolute atomic E-state index is 10.0. The second-order valence-electron chi connectivity index (χ2n) is 4.55. The summed E-state index contributed by atoms with van der Waals surface area (Å²) in [4.78, 5) is 6.66. The summed E-state index contributed by atoms with van der Waals surface area (Å²) in [7, 11) is 0. The molecule has 1 saturated heterocycles. The van der Waals surface area contributed by atoms with Crippen molar-refractivity contribution in [3.63, 3.8) is 0 Å². The Kier molecular flexibility index (Phi) is 3.18. The first-order valence-corrected chi connectivity index (χ1v) is 6.30. The molecule has 1 aliphatic rings. The lowest BCUT2D eigenvalue weighted by Crippen LogP contribution is -2.32. The quantitative estimate of drug-likeness (QED) is 0.376. The molecule has 0 amide bonds. The van der Waals surface area contributed by atoms with Gasteiger partial charge in [0.15, 0.2) is 10.6 Å². The van der Waals surface area contributed by atoms with Gasteiger partial charge in [0, 0.05) is 0 Å². The summed E-state index contributed by atoms with van der Waals surface area (Å²) in [6.45, 7) is -0.402. The number of aliphatic hydroxyl groups excluding tert-OH is 3. The van der Waals surface area contributed by atoms with Gasteiger partial charge in [0.2, 0.25) is 0 Å². The molecule has 0 unspecified atom stereocenters. The van der Waals surface area contributed by atoms with Crippen molar-refractivity contribution in [2.24, 2.45) is 0 Å². The number of hydrogen-bond acceptors (Lipinski definition) is 8. The van der Waals surface area contributed by atoms with Gasteiger partial charge in [-0.15, -0.1) is 0 Å². The van der Waals surface area contributed by atoms with Gasteiger partial charge in [0.05, 0.1) is 17.8 Å². The number of nitrogens with zero attached hydrogens (tertiary/aromatic N) is 2. The number of aromatic amines is 2. The van der Waals surface area contributed by atoms with Crippen molar-refractivity contribution in [2.45, 2.75) is 24.4 Å². The molecule has 0 radical (unpaired) electrons. The van der Waals surface area contributed by atoms with Crippen molar-refractivity contribution in [1.29, 1.82) is 0 Å². The Morgan fingerprint density at radius 2 is 2.10 bits per heavy atom. The first kappa shape index (κ1) is 13.4. The molecule has 4 atom stereocenters. The Hall–Kier alpha value is -1.59. The average molecular weight is 299 g/mol. The van der Waals surface area contributed by atoms with Gasteiger partial charge in [-0.2, -0.15) is 5.10 Å². The molecule has 108 valence electrons. The SMILES string of the molecule is Nc1nc(=S)c2n[nH]c([C@@H]3O[C@H](CO)[C@@H](O)[C@H]3O)c2[nH]1. The van der Waals surface area contributed by atoms with Crippen LogP contribution in [-0.4, -0.2) is 60.4 Å². The van der Waals surface area contributed by atoms with Gasteiger partial charge < -0.3 is 30.8 Å². The summed E-state index contributed by atoms with van der Waals surface area (Å²) < 4.78 is 5.64. The standard InChI is InChI=1S/C10H13N5O4S/c11-10-12-3-4(14-15-5(3)9(20)13-10)8-7(18)6(17)2(1-16)19-8/h2,6-8,16-18H,1H2,(H,14,15)(H3,11,12,13,20)/t2-,6-,7-,8+/m1/s1. The van der Waals surface area contributed by atoms with E-state index in [2.05, 4.69) is 20.2 Å². The number of anilines is 1. The molecule has 0 bridgehead atoms. The van der Waals surface area contributed by atoms with Gasteiger partial charge in [0.1, 0.15) is 29.9 Å². The lowest BCUT2D eigenvalue weighted by Gasteiger charge is -2.13. The van der Waals surface area contributed by atoms with Crippen LogP contribution in [0.25, 0.3) is 11.0 Å². The summed E-state index contributed by atoms with van der Waals surface area (Å²) in [6.07, 6.45) is -4.13. The molecule has 0 spiro atoms. The minimum Gasteiger partial charge on any atom is -0.394 e. The normalized spacial score (nSPS) is 30.1. The number of H-pyrrole nitrogens is 2. The number of aromatic nitrogens is 4. The third kappa shape index (κ3) is 1.89. The highest BCUT2D eigenvalue weighted by Gasteiger charge is 2.44. The molecule has 7 N–H and O–H groups in total. The van der Waals surface area contributed by atoms with Crippen molar-refractivity contribution in [3.8, 4) is 0 Å². The van der Waals surface area contributed by atoms with Crippen LogP contribution in [-0.2, 0) is 4.74 Å². The van der Waals surface area contributed by atoms with Crippen LogP contribution in [0, 0.1) is 4.64 Å². The molecule has 3 heterocycles. The molecule has 1 aliphatic heterocycles. The van der Waals surface area contributed by atoms with Crippen LogP contribution in [0.3, 0.4) is 0 Å². The van der Waals surface area contributed by atoms with Crippen molar-refractivity contribution in [1.82, 2.24) is 20.2 Å². The van der Waals surface area contributed by atoms with Crippen LogP contribution in [0.1, 0.15) is 11.8 Å². The number of aliphatic hydroxyl groups is 3. The number of ether oxygens (including phenoxy) is 1. The Morgan fingerprint density at radius 1 is 1.35 bits per heavy atom. The zero-order valence-corrected chi connectivity index (χ0v) is 11.0. The van der Waals surface area contributed by atoms with Crippen LogP contribution in [0.5, 0.6) is 0 Å². The second-order valence-corrected chi connectivity index (χ2v) is 4.93. The van der Waals surface area contributed by atoms with E-state index in [9.17, 15) is 10.2 Å². The zero-order valence-electron chi connectivity index (χ0n) is 10.1. The summed E-state index contributed by atoms with van der Waals surface area (Å²) in [5.74, 6) is 0.108. The molecule has 20 heavy (non-hydrogen) atoms. The first-order chi connectivity index (χ1) is 9.52. The van der Waals surface area contributed by atoms with Gasteiger partial charge in [-0.05, 0) is 0 Å². The molecule has 9 nitrogen and oxygen atoms in total. The van der Waals surface area contributed by atoms with Gasteiger partial charge >= 0.3 is 0 Å². The fourth-order valence-electron chi connectivity index (χ4n) is 2.30. The Balaban J connectivity index is 2.09. The van der Waals surface area contributed by atoms with Crippen molar-refractivity contribution < 1.29 is 20.1 Å². The minimum absolute atomic E-state index is 0.108. The molecule has 10 heteroatoms. The molecule has 2 aromatic rings. The molecule has 0 saturated carbocycles. The maximum atomic E-state index is 10.0. The third-order valence-corrected chi connectivity index (χ3v) is 3.58. The second kappa shape index (κ2) is 4.75. The number of hydrogen-bond donors (Lipinski definition) is 6. The number of nitrogens with one attached hydrogen (secondary N) is 2. The van der Waals surface area contributed by atoms with E-state index < -0.39 is 31.0 Å². The van der Waals surface area contributed by atoms with E-state index in [4.69, 9.17) is 27.8 Å². The number of nitrogens with two attached hydrogens (primary N) is 1. The monoisotopic (exact) mass is 299 g/mol. The van der Waals surface area contributed by atoms with Crippen LogP contribution in [0.4, 0.5) is 5.95 Å².